The first-order chi connectivity index (χ1) is 22.3. The van der Waals surface area contributed by atoms with E-state index in [0.29, 0.717) is 5.92 Å². The predicted octanol–water partition coefficient (Wildman–Crippen LogP) is 9.65. The van der Waals surface area contributed by atoms with E-state index in [1.54, 1.807) is 9.75 Å². The van der Waals surface area contributed by atoms with Crippen molar-refractivity contribution in [3.05, 3.63) is 128 Å². The maximum atomic E-state index is 2.58. The van der Waals surface area contributed by atoms with E-state index in [9.17, 15) is 0 Å². The molecule has 0 fully saturated rings. The van der Waals surface area contributed by atoms with E-state index in [4.69, 9.17) is 0 Å². The number of hydrogen-bond acceptors (Lipinski definition) is 1. The highest BCUT2D eigenvalue weighted by Gasteiger charge is 2.24. The Balaban J connectivity index is 1.12. The summed E-state index contributed by atoms with van der Waals surface area (Å²) in [6.07, 6.45) is 26.9. The molecule has 0 spiro atoms. The SMILES string of the molecule is C1=CCCC(n2c3ccccc3c3cc(C4C=c5c(n(C6=Cc7c(sc8c7C=CCC8)CC6)c6ccccc56)=CC4)ccc32)=C1. The number of hydrogen-bond donors (Lipinski definition) is 0. The summed E-state index contributed by atoms with van der Waals surface area (Å²) < 4.78 is 5.07. The standard InChI is InChI=1S/C42H34N2S/c1-2-10-29(11-3-1)43-37-15-7-4-12-31(37)34-24-27(18-21-39(34)43)28-19-22-40-35(25-28)32-13-5-8-16-38(32)44(40)30-20-23-42-36(26-30)33-14-6-9-17-41(33)45-42/h1-2,4-8,10,12-16,18,21-22,24-26,28H,3,9,11,17,19-20,23H2. The average molecular weight is 599 g/mol. The smallest absolute Gasteiger partial charge is 0.0538 e. The van der Waals surface area contributed by atoms with Crippen LogP contribution in [0.15, 0.2) is 91.0 Å². The van der Waals surface area contributed by atoms with Crippen LogP contribution in [0.4, 0.5) is 0 Å². The minimum Gasteiger partial charge on any atom is -0.313 e. The Bertz CT molecular complexity index is 2470. The van der Waals surface area contributed by atoms with Crippen LogP contribution in [0.2, 0.25) is 0 Å². The predicted molar refractivity (Wildman–Crippen MR) is 194 cm³/mol. The molecule has 4 aliphatic rings. The summed E-state index contributed by atoms with van der Waals surface area (Å²) in [6, 6.07) is 25.2. The van der Waals surface area contributed by atoms with Crippen LogP contribution in [0.1, 0.15) is 64.5 Å². The highest BCUT2D eigenvalue weighted by molar-refractivity contribution is 7.12. The summed E-state index contributed by atoms with van der Waals surface area (Å²) >= 11 is 2.05. The van der Waals surface area contributed by atoms with Gasteiger partial charge in [-0.3, -0.25) is 0 Å². The third-order valence-corrected chi connectivity index (χ3v) is 11.8. The highest BCUT2D eigenvalue weighted by Crippen LogP contribution is 2.41. The molecule has 10 rings (SSSR count). The van der Waals surface area contributed by atoms with E-state index in [0.717, 1.165) is 32.1 Å². The molecule has 4 aliphatic carbocycles. The van der Waals surface area contributed by atoms with Crippen molar-refractivity contribution >= 4 is 79.7 Å². The number of benzene rings is 3. The van der Waals surface area contributed by atoms with Crippen molar-refractivity contribution in [3.63, 3.8) is 0 Å². The molecule has 0 saturated carbocycles. The van der Waals surface area contributed by atoms with Gasteiger partial charge in [0.05, 0.1) is 16.6 Å². The normalized spacial score (nSPS) is 18.7. The van der Waals surface area contributed by atoms with Crippen LogP contribution in [-0.4, -0.2) is 9.13 Å². The van der Waals surface area contributed by atoms with Crippen molar-refractivity contribution in [2.45, 2.75) is 50.9 Å². The monoisotopic (exact) mass is 598 g/mol. The van der Waals surface area contributed by atoms with Gasteiger partial charge in [0.2, 0.25) is 0 Å². The minimum absolute atomic E-state index is 0.348. The van der Waals surface area contributed by atoms with E-state index in [1.807, 2.05) is 0 Å². The summed E-state index contributed by atoms with van der Waals surface area (Å²) in [5.41, 5.74) is 11.1. The van der Waals surface area contributed by atoms with E-state index in [-0.39, 0.29) is 0 Å². The van der Waals surface area contributed by atoms with E-state index in [2.05, 4.69) is 136 Å². The molecule has 6 aromatic rings. The number of para-hydroxylation sites is 2. The Kier molecular flexibility index (Phi) is 5.68. The second kappa shape index (κ2) is 9.95. The Labute approximate surface area is 266 Å². The lowest BCUT2D eigenvalue weighted by atomic mass is 9.90. The van der Waals surface area contributed by atoms with Gasteiger partial charge in [-0.2, -0.15) is 0 Å². The number of rotatable bonds is 3. The van der Waals surface area contributed by atoms with Gasteiger partial charge in [0, 0.05) is 53.8 Å². The Morgan fingerprint density at radius 3 is 2.36 bits per heavy atom. The van der Waals surface area contributed by atoms with Gasteiger partial charge in [0.1, 0.15) is 0 Å². The lowest BCUT2D eigenvalue weighted by Gasteiger charge is -2.19. The second-order valence-electron chi connectivity index (χ2n) is 13.0. The number of aryl methyl sites for hydroxylation is 2. The molecule has 1 unspecified atom stereocenters. The molecular formula is C42H34N2S. The molecule has 3 aromatic carbocycles. The highest BCUT2D eigenvalue weighted by atomic mass is 32.1. The van der Waals surface area contributed by atoms with Crippen LogP contribution in [0, 0.1) is 0 Å². The fourth-order valence-corrected chi connectivity index (χ4v) is 9.65. The van der Waals surface area contributed by atoms with Crippen molar-refractivity contribution in [3.8, 4) is 0 Å². The Hall–Kier alpha value is -4.60. The first-order valence-corrected chi connectivity index (χ1v) is 17.4. The van der Waals surface area contributed by atoms with Crippen LogP contribution in [0.5, 0.6) is 0 Å². The van der Waals surface area contributed by atoms with Gasteiger partial charge in [0.25, 0.3) is 0 Å². The van der Waals surface area contributed by atoms with Crippen molar-refractivity contribution in [1.82, 2.24) is 9.13 Å². The van der Waals surface area contributed by atoms with Crippen molar-refractivity contribution < 1.29 is 0 Å². The van der Waals surface area contributed by atoms with Crippen molar-refractivity contribution in [2.75, 3.05) is 0 Å². The summed E-state index contributed by atoms with van der Waals surface area (Å²) in [6.45, 7) is 0. The first-order valence-electron chi connectivity index (χ1n) is 16.5. The lowest BCUT2D eigenvalue weighted by Crippen LogP contribution is -2.32. The van der Waals surface area contributed by atoms with E-state index < -0.39 is 0 Å². The molecular weight excluding hydrogens is 565 g/mol. The summed E-state index contributed by atoms with van der Waals surface area (Å²) in [7, 11) is 0. The number of aromatic nitrogens is 2. The first kappa shape index (κ1) is 25.7. The lowest BCUT2D eigenvalue weighted by molar-refractivity contribution is 0.894. The molecule has 0 radical (unpaired) electrons. The topological polar surface area (TPSA) is 9.86 Å². The fourth-order valence-electron chi connectivity index (χ4n) is 8.36. The zero-order valence-electron chi connectivity index (χ0n) is 25.3. The minimum atomic E-state index is 0.348. The molecule has 2 nitrogen and oxygen atoms in total. The summed E-state index contributed by atoms with van der Waals surface area (Å²) in [5.74, 6) is 0.348. The summed E-state index contributed by atoms with van der Waals surface area (Å²) in [4.78, 5) is 3.15. The molecule has 45 heavy (non-hydrogen) atoms. The van der Waals surface area contributed by atoms with Gasteiger partial charge in [0.15, 0.2) is 0 Å². The van der Waals surface area contributed by atoms with E-state index >= 15 is 0 Å². The molecule has 3 heteroatoms. The van der Waals surface area contributed by atoms with Gasteiger partial charge in [-0.1, -0.05) is 78.9 Å². The number of nitrogens with zero attached hydrogens (tertiary/aromatic N) is 2. The van der Waals surface area contributed by atoms with E-state index in [1.165, 1.54) is 84.2 Å². The zero-order valence-corrected chi connectivity index (χ0v) is 26.1. The van der Waals surface area contributed by atoms with Crippen LogP contribution < -0.4 is 10.6 Å². The number of allylic oxidation sites excluding steroid dienone is 6. The molecule has 0 aliphatic heterocycles. The molecule has 3 aromatic heterocycles. The second-order valence-corrected chi connectivity index (χ2v) is 14.2. The van der Waals surface area contributed by atoms with Gasteiger partial charge < -0.3 is 9.13 Å². The molecule has 0 saturated heterocycles. The van der Waals surface area contributed by atoms with Crippen molar-refractivity contribution in [1.29, 1.82) is 0 Å². The third-order valence-electron chi connectivity index (χ3n) is 10.5. The number of thiophene rings is 1. The molecule has 0 amide bonds. The van der Waals surface area contributed by atoms with Gasteiger partial charge in [-0.15, -0.1) is 11.3 Å². The molecule has 0 bridgehead atoms. The number of fused-ring (bicyclic) bond motifs is 9. The molecule has 218 valence electrons. The Morgan fingerprint density at radius 1 is 0.667 bits per heavy atom. The largest absolute Gasteiger partial charge is 0.313 e. The maximum absolute atomic E-state index is 2.58. The van der Waals surface area contributed by atoms with Crippen LogP contribution in [0.3, 0.4) is 0 Å². The zero-order chi connectivity index (χ0) is 29.5. The van der Waals surface area contributed by atoms with Gasteiger partial charge >= 0.3 is 0 Å². The third kappa shape index (κ3) is 3.87. The maximum Gasteiger partial charge on any atom is 0.0538 e. The van der Waals surface area contributed by atoms with Gasteiger partial charge in [-0.05, 0) is 98.1 Å². The van der Waals surface area contributed by atoms with Crippen molar-refractivity contribution in [2.24, 2.45) is 0 Å². The molecule has 1 atom stereocenters. The van der Waals surface area contributed by atoms with Gasteiger partial charge in [-0.25, -0.2) is 0 Å². The molecule has 0 N–H and O–H groups in total. The van der Waals surface area contributed by atoms with Crippen LogP contribution >= 0.6 is 11.3 Å². The average Bonchev–Trinajstić information content (AvgIpc) is 3.75. The summed E-state index contributed by atoms with van der Waals surface area (Å²) in [5, 5.41) is 6.83. The van der Waals surface area contributed by atoms with Crippen LogP contribution in [0.25, 0.3) is 68.4 Å². The quantitative estimate of drug-likeness (QED) is 0.192. The molecule has 3 heterocycles. The fraction of sp³-hybridized carbons (Fsp3) is 0.190. The Morgan fingerprint density at radius 2 is 1.47 bits per heavy atom. The van der Waals surface area contributed by atoms with Crippen LogP contribution in [-0.2, 0) is 12.8 Å².